The van der Waals surface area contributed by atoms with Gasteiger partial charge in [-0.3, -0.25) is 4.79 Å². The second kappa shape index (κ2) is 7.86. The Hall–Kier alpha value is -2.23. The van der Waals surface area contributed by atoms with E-state index in [1.807, 2.05) is 42.5 Å². The molecule has 0 aliphatic heterocycles. The summed E-state index contributed by atoms with van der Waals surface area (Å²) in [4.78, 5) is 12.0. The molecule has 2 aromatic rings. The van der Waals surface area contributed by atoms with Crippen LogP contribution in [-0.2, 0) is 4.79 Å². The summed E-state index contributed by atoms with van der Waals surface area (Å²) in [6.45, 7) is 0. The van der Waals surface area contributed by atoms with Crippen molar-refractivity contribution in [2.45, 2.75) is 44.9 Å². The van der Waals surface area contributed by atoms with Gasteiger partial charge >= 0.3 is 0 Å². The number of hydrogen-bond donors (Lipinski definition) is 1. The molecular formula is C19H23N3O. The average Bonchev–Trinajstić information content (AvgIpc) is 3.10. The number of rotatable bonds is 6. The van der Waals surface area contributed by atoms with Crippen LogP contribution in [-0.4, -0.2) is 16.1 Å². The number of amides is 1. The molecule has 120 valence electrons. The molecule has 1 aliphatic carbocycles. The van der Waals surface area contributed by atoms with Crippen molar-refractivity contribution in [1.29, 1.82) is 0 Å². The Morgan fingerprint density at radius 1 is 1.04 bits per heavy atom. The number of aromatic nitrogens is 2. The van der Waals surface area contributed by atoms with Crippen LogP contribution in [0.2, 0.25) is 0 Å². The van der Waals surface area contributed by atoms with Crippen LogP contribution >= 0.6 is 0 Å². The Bertz CT molecular complexity index is 619. The maximum atomic E-state index is 12.0. The Labute approximate surface area is 137 Å². The van der Waals surface area contributed by atoms with Gasteiger partial charge in [-0.1, -0.05) is 56.0 Å². The summed E-state index contributed by atoms with van der Waals surface area (Å²) in [6.07, 6.45) is 8.11. The smallest absolute Gasteiger partial charge is 0.225 e. The first-order valence-corrected chi connectivity index (χ1v) is 8.50. The zero-order valence-electron chi connectivity index (χ0n) is 13.4. The van der Waals surface area contributed by atoms with Crippen LogP contribution in [0.15, 0.2) is 42.5 Å². The zero-order chi connectivity index (χ0) is 15.9. The number of nitrogens with one attached hydrogen (secondary N) is 1. The van der Waals surface area contributed by atoms with Gasteiger partial charge in [0.2, 0.25) is 5.91 Å². The van der Waals surface area contributed by atoms with E-state index in [4.69, 9.17) is 0 Å². The second-order valence-corrected chi connectivity index (χ2v) is 6.26. The third-order valence-corrected chi connectivity index (χ3v) is 4.49. The van der Waals surface area contributed by atoms with Gasteiger partial charge in [0.25, 0.3) is 0 Å². The molecule has 3 rings (SSSR count). The summed E-state index contributed by atoms with van der Waals surface area (Å²) in [5.41, 5.74) is 1.83. The Morgan fingerprint density at radius 2 is 1.83 bits per heavy atom. The number of anilines is 1. The molecule has 4 nitrogen and oxygen atoms in total. The van der Waals surface area contributed by atoms with Gasteiger partial charge in [0, 0.05) is 12.0 Å². The monoisotopic (exact) mass is 309 g/mol. The first kappa shape index (κ1) is 15.7. The van der Waals surface area contributed by atoms with Crippen molar-refractivity contribution in [3.63, 3.8) is 0 Å². The molecule has 1 aromatic carbocycles. The lowest BCUT2D eigenvalue weighted by Gasteiger charge is -2.08. The van der Waals surface area contributed by atoms with Crippen LogP contribution in [0, 0.1) is 5.92 Å². The van der Waals surface area contributed by atoms with Gasteiger partial charge in [0.05, 0.1) is 5.69 Å². The summed E-state index contributed by atoms with van der Waals surface area (Å²) in [7, 11) is 0. The molecule has 0 bridgehead atoms. The molecule has 1 fully saturated rings. The summed E-state index contributed by atoms with van der Waals surface area (Å²) in [5, 5.41) is 11.1. The highest BCUT2D eigenvalue weighted by Gasteiger charge is 2.15. The van der Waals surface area contributed by atoms with Crippen LogP contribution in [0.1, 0.15) is 44.9 Å². The van der Waals surface area contributed by atoms with Gasteiger partial charge in [-0.25, -0.2) is 0 Å². The largest absolute Gasteiger partial charge is 0.309 e. The number of carbonyl (C=O) groups is 1. The van der Waals surface area contributed by atoms with E-state index in [1.54, 1.807) is 0 Å². The molecule has 1 saturated carbocycles. The molecule has 4 heteroatoms. The molecule has 0 saturated heterocycles. The highest BCUT2D eigenvalue weighted by Crippen LogP contribution is 2.28. The van der Waals surface area contributed by atoms with Gasteiger partial charge < -0.3 is 5.32 Å². The van der Waals surface area contributed by atoms with E-state index < -0.39 is 0 Å². The summed E-state index contributed by atoms with van der Waals surface area (Å²) >= 11 is 0. The first-order chi connectivity index (χ1) is 11.3. The predicted octanol–water partition coefficient (Wildman–Crippen LogP) is 4.44. The second-order valence-electron chi connectivity index (χ2n) is 6.26. The molecule has 0 spiro atoms. The summed E-state index contributed by atoms with van der Waals surface area (Å²) in [6, 6.07) is 13.6. The van der Waals surface area contributed by atoms with Crippen molar-refractivity contribution >= 4 is 11.7 Å². The Balaban J connectivity index is 1.46. The van der Waals surface area contributed by atoms with Crippen LogP contribution in [0.5, 0.6) is 0 Å². The molecule has 1 heterocycles. The average molecular weight is 309 g/mol. The lowest BCUT2D eigenvalue weighted by molar-refractivity contribution is -0.116. The molecule has 1 amide bonds. The number of carbonyl (C=O) groups excluding carboxylic acids is 1. The summed E-state index contributed by atoms with van der Waals surface area (Å²) in [5.74, 6) is 1.40. The molecular weight excluding hydrogens is 286 g/mol. The van der Waals surface area contributed by atoms with Crippen molar-refractivity contribution in [3.05, 3.63) is 42.5 Å². The van der Waals surface area contributed by atoms with E-state index in [0.717, 1.165) is 23.6 Å². The predicted molar refractivity (Wildman–Crippen MR) is 91.9 cm³/mol. The van der Waals surface area contributed by atoms with Crippen molar-refractivity contribution in [1.82, 2.24) is 10.2 Å². The van der Waals surface area contributed by atoms with E-state index in [2.05, 4.69) is 15.5 Å². The Kier molecular flexibility index (Phi) is 5.35. The van der Waals surface area contributed by atoms with Gasteiger partial charge in [-0.2, -0.15) is 0 Å². The number of benzene rings is 1. The van der Waals surface area contributed by atoms with E-state index in [1.165, 1.54) is 32.1 Å². The highest BCUT2D eigenvalue weighted by molar-refractivity contribution is 5.89. The fourth-order valence-corrected chi connectivity index (χ4v) is 3.22. The molecule has 23 heavy (non-hydrogen) atoms. The molecule has 0 atom stereocenters. The normalized spacial score (nSPS) is 14.8. The SMILES string of the molecule is O=C(CCCC1CCCC1)Nc1ccc(-c2ccccc2)nn1. The topological polar surface area (TPSA) is 54.9 Å². The zero-order valence-corrected chi connectivity index (χ0v) is 13.4. The fourth-order valence-electron chi connectivity index (χ4n) is 3.22. The lowest BCUT2D eigenvalue weighted by Crippen LogP contribution is -2.13. The maximum absolute atomic E-state index is 12.0. The number of hydrogen-bond acceptors (Lipinski definition) is 3. The number of nitrogens with zero attached hydrogens (tertiary/aromatic N) is 2. The quantitative estimate of drug-likeness (QED) is 0.858. The molecule has 1 N–H and O–H groups in total. The van der Waals surface area contributed by atoms with E-state index in [0.29, 0.717) is 12.2 Å². The van der Waals surface area contributed by atoms with Crippen LogP contribution in [0.25, 0.3) is 11.3 Å². The maximum Gasteiger partial charge on any atom is 0.225 e. The minimum Gasteiger partial charge on any atom is -0.309 e. The Morgan fingerprint density at radius 3 is 2.52 bits per heavy atom. The van der Waals surface area contributed by atoms with Crippen molar-refractivity contribution < 1.29 is 4.79 Å². The van der Waals surface area contributed by atoms with Crippen LogP contribution in [0.4, 0.5) is 5.82 Å². The van der Waals surface area contributed by atoms with Crippen molar-refractivity contribution in [2.24, 2.45) is 5.92 Å². The first-order valence-electron chi connectivity index (χ1n) is 8.50. The van der Waals surface area contributed by atoms with Gasteiger partial charge in [0.1, 0.15) is 0 Å². The minimum absolute atomic E-state index is 0.0322. The van der Waals surface area contributed by atoms with Crippen molar-refractivity contribution in [2.75, 3.05) is 5.32 Å². The summed E-state index contributed by atoms with van der Waals surface area (Å²) < 4.78 is 0. The molecule has 0 unspecified atom stereocenters. The van der Waals surface area contributed by atoms with Crippen LogP contribution in [0.3, 0.4) is 0 Å². The van der Waals surface area contributed by atoms with E-state index in [-0.39, 0.29) is 5.91 Å². The standard InChI is InChI=1S/C19H23N3O/c23-19(12-6-9-15-7-4-5-8-15)20-18-14-13-17(21-22-18)16-10-2-1-3-11-16/h1-3,10-11,13-15H,4-9,12H2,(H,20,22,23). The molecule has 1 aromatic heterocycles. The lowest BCUT2D eigenvalue weighted by atomic mass is 10.0. The fraction of sp³-hybridized carbons (Fsp3) is 0.421. The van der Waals surface area contributed by atoms with E-state index in [9.17, 15) is 4.79 Å². The van der Waals surface area contributed by atoms with Gasteiger partial charge in [-0.05, 0) is 30.9 Å². The molecule has 0 radical (unpaired) electrons. The minimum atomic E-state index is 0.0322. The third kappa shape index (κ3) is 4.62. The third-order valence-electron chi connectivity index (χ3n) is 4.49. The van der Waals surface area contributed by atoms with E-state index >= 15 is 0 Å². The van der Waals surface area contributed by atoms with Crippen LogP contribution < -0.4 is 5.32 Å². The van der Waals surface area contributed by atoms with Gasteiger partial charge in [0.15, 0.2) is 5.82 Å². The van der Waals surface area contributed by atoms with Crippen molar-refractivity contribution in [3.8, 4) is 11.3 Å². The van der Waals surface area contributed by atoms with Gasteiger partial charge in [-0.15, -0.1) is 10.2 Å². The molecule has 1 aliphatic rings. The highest BCUT2D eigenvalue weighted by atomic mass is 16.1.